The van der Waals surface area contributed by atoms with Crippen LogP contribution in [-0.4, -0.2) is 89.0 Å². The van der Waals surface area contributed by atoms with Crippen molar-refractivity contribution in [3.05, 3.63) is 24.0 Å². The van der Waals surface area contributed by atoms with Crippen LogP contribution in [0.4, 0.5) is 0 Å². The molecular formula is C16H24O9. The van der Waals surface area contributed by atoms with Gasteiger partial charge in [0.05, 0.1) is 31.5 Å². The number of ether oxygens (including phenoxy) is 4. The number of methoxy groups -OCH3 is 1. The van der Waals surface area contributed by atoms with Gasteiger partial charge in [0.15, 0.2) is 6.29 Å². The van der Waals surface area contributed by atoms with E-state index in [2.05, 4.69) is 0 Å². The molecule has 9 nitrogen and oxygen atoms in total. The lowest BCUT2D eigenvalue weighted by Crippen LogP contribution is -2.60. The summed E-state index contributed by atoms with van der Waals surface area (Å²) >= 11 is 0. The highest BCUT2D eigenvalue weighted by Crippen LogP contribution is 2.41. The third-order valence-electron chi connectivity index (χ3n) is 4.98. The Balaban J connectivity index is 1.76. The van der Waals surface area contributed by atoms with Crippen molar-refractivity contribution < 1.29 is 44.5 Å². The molecule has 0 aromatic heterocycles. The summed E-state index contributed by atoms with van der Waals surface area (Å²) in [6, 6.07) is 0. The van der Waals surface area contributed by atoms with E-state index in [1.165, 1.54) is 6.26 Å². The molecule has 1 saturated heterocycles. The van der Waals surface area contributed by atoms with Crippen molar-refractivity contribution in [3.63, 3.8) is 0 Å². The minimum absolute atomic E-state index is 0.115. The van der Waals surface area contributed by atoms with Gasteiger partial charge < -0.3 is 44.5 Å². The number of fused-ring (bicyclic) bond motifs is 1. The van der Waals surface area contributed by atoms with Crippen LogP contribution in [0.2, 0.25) is 0 Å². The topological polar surface area (TPSA) is 138 Å². The van der Waals surface area contributed by atoms with Crippen molar-refractivity contribution in [3.8, 4) is 0 Å². The molecule has 1 fully saturated rings. The van der Waals surface area contributed by atoms with E-state index in [0.717, 1.165) is 0 Å². The fourth-order valence-corrected chi connectivity index (χ4v) is 3.58. The van der Waals surface area contributed by atoms with Crippen LogP contribution in [0.15, 0.2) is 24.0 Å². The lowest BCUT2D eigenvalue weighted by Gasteiger charge is -2.42. The molecule has 2 aliphatic heterocycles. The lowest BCUT2D eigenvalue weighted by atomic mass is 9.88. The fourth-order valence-electron chi connectivity index (χ4n) is 3.58. The summed E-state index contributed by atoms with van der Waals surface area (Å²) in [6.45, 7) is -0.747. The Labute approximate surface area is 144 Å². The molecule has 1 aliphatic carbocycles. The van der Waals surface area contributed by atoms with Crippen LogP contribution in [0.25, 0.3) is 0 Å². The van der Waals surface area contributed by atoms with E-state index in [1.54, 1.807) is 13.2 Å². The van der Waals surface area contributed by atoms with Crippen LogP contribution in [0.5, 0.6) is 0 Å². The first-order chi connectivity index (χ1) is 12.0. The lowest BCUT2D eigenvalue weighted by molar-refractivity contribution is -0.339. The van der Waals surface area contributed by atoms with Crippen molar-refractivity contribution >= 4 is 0 Å². The highest BCUT2D eigenvalue weighted by molar-refractivity contribution is 5.26. The molecule has 3 aliphatic rings. The number of aliphatic hydroxyl groups is 5. The van der Waals surface area contributed by atoms with Crippen molar-refractivity contribution in [2.24, 2.45) is 11.8 Å². The molecule has 25 heavy (non-hydrogen) atoms. The van der Waals surface area contributed by atoms with Gasteiger partial charge in [-0.2, -0.15) is 0 Å². The van der Waals surface area contributed by atoms with Gasteiger partial charge in [0.2, 0.25) is 6.29 Å². The van der Waals surface area contributed by atoms with E-state index in [0.29, 0.717) is 5.57 Å². The molecule has 0 amide bonds. The molecule has 142 valence electrons. The fraction of sp³-hybridized carbons (Fsp3) is 0.750. The Kier molecular flexibility index (Phi) is 5.76. The quantitative estimate of drug-likeness (QED) is 0.347. The van der Waals surface area contributed by atoms with Crippen molar-refractivity contribution in [1.82, 2.24) is 0 Å². The number of hydrogen-bond donors (Lipinski definition) is 5. The average Bonchev–Trinajstić information content (AvgIpc) is 3.01. The third kappa shape index (κ3) is 3.34. The molecule has 9 heteroatoms. The molecule has 0 radical (unpaired) electrons. The SMILES string of the molecule is CO[C@@H]1C=C(CO)[C@H]2[C@H](O[C@@H]3O[C@H](CO)[C@@H](O)[C@H](O)[C@H]3O)OC=C[C@H]21. The van der Waals surface area contributed by atoms with Crippen LogP contribution in [0.1, 0.15) is 0 Å². The normalized spacial score (nSPS) is 46.5. The standard InChI is InChI=1S/C16H24O9/c1-22-9-4-7(5-17)11-8(9)2-3-23-15(11)25-16-14(21)13(20)12(19)10(6-18)24-16/h2-4,8-21H,5-6H2,1H3/t8-,9+,10+,11+,12+,13-,14+,15-,16-/m0/s1. The molecule has 0 bridgehead atoms. The number of hydrogen-bond acceptors (Lipinski definition) is 9. The zero-order valence-electron chi connectivity index (χ0n) is 13.7. The van der Waals surface area contributed by atoms with E-state index < -0.39 is 43.6 Å². The first-order valence-corrected chi connectivity index (χ1v) is 8.14. The van der Waals surface area contributed by atoms with Crippen molar-refractivity contribution in [2.45, 2.75) is 43.1 Å². The van der Waals surface area contributed by atoms with Gasteiger partial charge in [0.25, 0.3) is 0 Å². The van der Waals surface area contributed by atoms with Crippen molar-refractivity contribution in [1.29, 1.82) is 0 Å². The minimum Gasteiger partial charge on any atom is -0.472 e. The van der Waals surface area contributed by atoms with E-state index in [4.69, 9.17) is 18.9 Å². The van der Waals surface area contributed by atoms with Gasteiger partial charge in [-0.25, -0.2) is 0 Å². The number of rotatable bonds is 5. The van der Waals surface area contributed by atoms with E-state index >= 15 is 0 Å². The van der Waals surface area contributed by atoms with Crippen molar-refractivity contribution in [2.75, 3.05) is 20.3 Å². The summed E-state index contributed by atoms with van der Waals surface area (Å²) in [6.07, 6.45) is -2.96. The summed E-state index contributed by atoms with van der Waals surface area (Å²) in [5.41, 5.74) is 0.677. The maximum Gasteiger partial charge on any atom is 0.209 e. The molecule has 9 atom stereocenters. The highest BCUT2D eigenvalue weighted by atomic mass is 16.8. The average molecular weight is 360 g/mol. The predicted molar refractivity (Wildman–Crippen MR) is 81.8 cm³/mol. The maximum absolute atomic E-state index is 10.1. The Hall–Kier alpha value is -1.04. The molecule has 0 spiro atoms. The monoisotopic (exact) mass is 360 g/mol. The van der Waals surface area contributed by atoms with E-state index in [1.807, 2.05) is 6.08 Å². The summed E-state index contributed by atoms with van der Waals surface area (Å²) in [5.74, 6) is -0.469. The zero-order valence-corrected chi connectivity index (χ0v) is 13.7. The van der Waals surface area contributed by atoms with Crippen LogP contribution in [0.3, 0.4) is 0 Å². The second kappa shape index (κ2) is 7.68. The van der Waals surface area contributed by atoms with Gasteiger partial charge in [-0.3, -0.25) is 0 Å². The summed E-state index contributed by atoms with van der Waals surface area (Å²) in [4.78, 5) is 0. The molecule has 0 saturated carbocycles. The number of aliphatic hydroxyl groups excluding tert-OH is 5. The van der Waals surface area contributed by atoms with Gasteiger partial charge in [-0.1, -0.05) is 6.08 Å². The summed E-state index contributed by atoms with van der Waals surface area (Å²) in [7, 11) is 1.56. The summed E-state index contributed by atoms with van der Waals surface area (Å²) < 4.78 is 21.9. The van der Waals surface area contributed by atoms with Gasteiger partial charge in [-0.15, -0.1) is 0 Å². The Morgan fingerprint density at radius 3 is 2.48 bits per heavy atom. The highest BCUT2D eigenvalue weighted by Gasteiger charge is 2.49. The van der Waals surface area contributed by atoms with Crippen LogP contribution >= 0.6 is 0 Å². The molecule has 0 aromatic rings. The minimum atomic E-state index is -1.53. The van der Waals surface area contributed by atoms with Crippen LogP contribution in [-0.2, 0) is 18.9 Å². The Bertz CT molecular complexity index is 520. The van der Waals surface area contributed by atoms with E-state index in [9.17, 15) is 25.5 Å². The first kappa shape index (κ1) is 18.7. The van der Waals surface area contributed by atoms with Gasteiger partial charge in [-0.05, 0) is 11.6 Å². The summed E-state index contributed by atoms with van der Waals surface area (Å²) in [5, 5.41) is 48.7. The Morgan fingerprint density at radius 1 is 1.08 bits per heavy atom. The van der Waals surface area contributed by atoms with Gasteiger partial charge >= 0.3 is 0 Å². The molecular weight excluding hydrogens is 336 g/mol. The maximum atomic E-state index is 10.1. The second-order valence-electron chi connectivity index (χ2n) is 6.37. The van der Waals surface area contributed by atoms with Gasteiger partial charge in [0, 0.05) is 13.0 Å². The molecule has 0 unspecified atom stereocenters. The smallest absolute Gasteiger partial charge is 0.209 e. The molecule has 0 aromatic carbocycles. The predicted octanol–water partition coefficient (Wildman–Crippen LogP) is -2.15. The van der Waals surface area contributed by atoms with Crippen LogP contribution < -0.4 is 0 Å². The molecule has 3 rings (SSSR count). The third-order valence-corrected chi connectivity index (χ3v) is 4.98. The molecule has 5 N–H and O–H groups in total. The van der Waals surface area contributed by atoms with Gasteiger partial charge in [0.1, 0.15) is 24.4 Å². The molecule has 2 heterocycles. The second-order valence-corrected chi connectivity index (χ2v) is 6.37. The zero-order chi connectivity index (χ0) is 18.1. The largest absolute Gasteiger partial charge is 0.472 e. The first-order valence-electron chi connectivity index (χ1n) is 8.14. The Morgan fingerprint density at radius 2 is 1.84 bits per heavy atom. The van der Waals surface area contributed by atoms with E-state index in [-0.39, 0.29) is 24.5 Å². The van der Waals surface area contributed by atoms with Crippen LogP contribution in [0, 0.1) is 11.8 Å².